The zero-order valence-electron chi connectivity index (χ0n) is 9.90. The standard InChI is InChI=1S/C11H17ClN4O/c1-16-5-3-2-4-8(16)6-17-11-9(12)10(13)14-7-15-11/h7-8H,2-6H2,1H3,(H2,13,14,15). The molecule has 1 aromatic rings. The van der Waals surface area contributed by atoms with Gasteiger partial charge in [0.15, 0.2) is 0 Å². The van der Waals surface area contributed by atoms with Crippen molar-refractivity contribution in [1.29, 1.82) is 0 Å². The molecule has 0 aromatic carbocycles. The molecule has 0 aliphatic carbocycles. The van der Waals surface area contributed by atoms with E-state index in [1.165, 1.54) is 19.2 Å². The maximum atomic E-state index is 5.96. The first-order valence-corrected chi connectivity index (χ1v) is 6.15. The first-order valence-electron chi connectivity index (χ1n) is 5.77. The van der Waals surface area contributed by atoms with Crippen molar-refractivity contribution < 1.29 is 4.74 Å². The molecule has 1 aliphatic rings. The minimum absolute atomic E-state index is 0.258. The number of nitrogens with zero attached hydrogens (tertiary/aromatic N) is 3. The van der Waals surface area contributed by atoms with Crippen molar-refractivity contribution in [1.82, 2.24) is 14.9 Å². The Balaban J connectivity index is 1.95. The SMILES string of the molecule is CN1CCCCC1COc1ncnc(N)c1Cl. The lowest BCUT2D eigenvalue weighted by atomic mass is 10.0. The maximum Gasteiger partial charge on any atom is 0.237 e. The Labute approximate surface area is 106 Å². The molecule has 17 heavy (non-hydrogen) atoms. The van der Waals surface area contributed by atoms with E-state index in [1.807, 2.05) is 0 Å². The summed E-state index contributed by atoms with van der Waals surface area (Å²) in [4.78, 5) is 10.1. The summed E-state index contributed by atoms with van der Waals surface area (Å²) in [6, 6.07) is 0.427. The van der Waals surface area contributed by atoms with E-state index in [2.05, 4.69) is 21.9 Å². The van der Waals surface area contributed by atoms with Gasteiger partial charge in [-0.15, -0.1) is 0 Å². The molecule has 94 valence electrons. The van der Waals surface area contributed by atoms with Crippen molar-refractivity contribution in [3.63, 3.8) is 0 Å². The highest BCUT2D eigenvalue weighted by atomic mass is 35.5. The van der Waals surface area contributed by atoms with E-state index >= 15 is 0 Å². The quantitative estimate of drug-likeness (QED) is 0.890. The highest BCUT2D eigenvalue weighted by Gasteiger charge is 2.20. The van der Waals surface area contributed by atoms with Crippen molar-refractivity contribution in [3.8, 4) is 5.88 Å². The average molecular weight is 257 g/mol. The fourth-order valence-electron chi connectivity index (χ4n) is 2.00. The van der Waals surface area contributed by atoms with Crippen LogP contribution in [-0.2, 0) is 0 Å². The highest BCUT2D eigenvalue weighted by molar-refractivity contribution is 6.33. The monoisotopic (exact) mass is 256 g/mol. The summed E-state index contributed by atoms with van der Waals surface area (Å²) >= 11 is 5.96. The number of nitrogen functional groups attached to an aromatic ring is 1. The second-order valence-corrected chi connectivity index (χ2v) is 4.70. The van der Waals surface area contributed by atoms with Gasteiger partial charge < -0.3 is 15.4 Å². The second-order valence-electron chi connectivity index (χ2n) is 4.32. The van der Waals surface area contributed by atoms with Gasteiger partial charge in [-0.3, -0.25) is 0 Å². The Hall–Kier alpha value is -1.07. The van der Waals surface area contributed by atoms with Crippen molar-refractivity contribution in [2.75, 3.05) is 25.9 Å². The number of rotatable bonds is 3. The molecule has 1 unspecified atom stereocenters. The molecular weight excluding hydrogens is 240 g/mol. The van der Waals surface area contributed by atoms with Gasteiger partial charge in [0.2, 0.25) is 5.88 Å². The number of likely N-dealkylation sites (N-methyl/N-ethyl adjacent to an activating group) is 1. The van der Waals surface area contributed by atoms with Gasteiger partial charge in [-0.05, 0) is 26.4 Å². The van der Waals surface area contributed by atoms with Gasteiger partial charge in [0.1, 0.15) is 23.8 Å². The van der Waals surface area contributed by atoms with Crippen LogP contribution < -0.4 is 10.5 Å². The first-order chi connectivity index (χ1) is 8.18. The minimum atomic E-state index is 0.258. The van der Waals surface area contributed by atoms with E-state index < -0.39 is 0 Å². The van der Waals surface area contributed by atoms with E-state index in [-0.39, 0.29) is 5.82 Å². The summed E-state index contributed by atoms with van der Waals surface area (Å²) in [6.45, 7) is 1.71. The van der Waals surface area contributed by atoms with Crippen molar-refractivity contribution in [3.05, 3.63) is 11.3 Å². The number of halogens is 1. The summed E-state index contributed by atoms with van der Waals surface area (Å²) in [6.07, 6.45) is 5.02. The lowest BCUT2D eigenvalue weighted by Crippen LogP contribution is -2.40. The maximum absolute atomic E-state index is 5.96. The summed E-state index contributed by atoms with van der Waals surface area (Å²) < 4.78 is 5.62. The largest absolute Gasteiger partial charge is 0.475 e. The van der Waals surface area contributed by atoms with E-state index in [4.69, 9.17) is 22.1 Å². The molecular formula is C11H17ClN4O. The number of anilines is 1. The summed E-state index contributed by atoms with van der Waals surface area (Å²) in [5.74, 6) is 0.631. The molecule has 0 spiro atoms. The number of nitrogens with two attached hydrogens (primary N) is 1. The number of likely N-dealkylation sites (tertiary alicyclic amines) is 1. The van der Waals surface area contributed by atoms with Crippen LogP contribution in [0.3, 0.4) is 0 Å². The highest BCUT2D eigenvalue weighted by Crippen LogP contribution is 2.26. The molecule has 0 amide bonds. The lowest BCUT2D eigenvalue weighted by Gasteiger charge is -2.32. The molecule has 1 aromatic heterocycles. The fraction of sp³-hybridized carbons (Fsp3) is 0.636. The Morgan fingerprint density at radius 3 is 3.12 bits per heavy atom. The summed E-state index contributed by atoms with van der Waals surface area (Å²) in [5.41, 5.74) is 5.58. The number of aromatic nitrogens is 2. The average Bonchev–Trinajstić information content (AvgIpc) is 2.33. The van der Waals surface area contributed by atoms with Gasteiger partial charge in [0.25, 0.3) is 0 Å². The van der Waals surface area contributed by atoms with Gasteiger partial charge in [-0.25, -0.2) is 9.97 Å². The van der Waals surface area contributed by atoms with Crippen LogP contribution in [0.1, 0.15) is 19.3 Å². The third-order valence-corrected chi connectivity index (χ3v) is 3.47. The van der Waals surface area contributed by atoms with Crippen LogP contribution in [-0.4, -0.2) is 41.1 Å². The first kappa shape index (κ1) is 12.4. The third kappa shape index (κ3) is 2.98. The van der Waals surface area contributed by atoms with Gasteiger partial charge in [0.05, 0.1) is 0 Å². The van der Waals surface area contributed by atoms with Crippen molar-refractivity contribution in [2.45, 2.75) is 25.3 Å². The molecule has 0 radical (unpaired) electrons. The molecule has 0 saturated carbocycles. The Kier molecular flexibility index (Phi) is 4.02. The molecule has 2 N–H and O–H groups in total. The predicted octanol–water partition coefficient (Wildman–Crippen LogP) is 1.58. The van der Waals surface area contributed by atoms with Crippen LogP contribution in [0.15, 0.2) is 6.33 Å². The number of ether oxygens (including phenoxy) is 1. The summed E-state index contributed by atoms with van der Waals surface area (Å²) in [5, 5.41) is 0.297. The topological polar surface area (TPSA) is 64.3 Å². The van der Waals surface area contributed by atoms with Crippen LogP contribution in [0.25, 0.3) is 0 Å². The molecule has 2 rings (SSSR count). The van der Waals surface area contributed by atoms with Crippen LogP contribution in [0, 0.1) is 0 Å². The lowest BCUT2D eigenvalue weighted by molar-refractivity contribution is 0.122. The van der Waals surface area contributed by atoms with Gasteiger partial charge in [0, 0.05) is 6.04 Å². The van der Waals surface area contributed by atoms with Crippen molar-refractivity contribution >= 4 is 17.4 Å². The van der Waals surface area contributed by atoms with Crippen LogP contribution in [0.2, 0.25) is 5.02 Å². The number of piperidine rings is 1. The summed E-state index contributed by atoms with van der Waals surface area (Å²) in [7, 11) is 2.11. The predicted molar refractivity (Wildman–Crippen MR) is 67.2 cm³/mol. The molecule has 6 heteroatoms. The smallest absolute Gasteiger partial charge is 0.237 e. The van der Waals surface area contributed by atoms with E-state index in [9.17, 15) is 0 Å². The molecule has 1 atom stereocenters. The molecule has 1 aliphatic heterocycles. The van der Waals surface area contributed by atoms with Crippen molar-refractivity contribution in [2.24, 2.45) is 0 Å². The fourth-order valence-corrected chi connectivity index (χ4v) is 2.15. The molecule has 0 bridgehead atoms. The van der Waals surface area contributed by atoms with Crippen LogP contribution in [0.5, 0.6) is 5.88 Å². The van der Waals surface area contributed by atoms with E-state index in [0.29, 0.717) is 23.6 Å². The molecule has 5 nitrogen and oxygen atoms in total. The van der Waals surface area contributed by atoms with Gasteiger partial charge >= 0.3 is 0 Å². The van der Waals surface area contributed by atoms with Crippen LogP contribution >= 0.6 is 11.6 Å². The minimum Gasteiger partial charge on any atom is -0.475 e. The Morgan fingerprint density at radius 2 is 2.35 bits per heavy atom. The molecule has 2 heterocycles. The Bertz CT molecular complexity index is 388. The zero-order valence-corrected chi connectivity index (χ0v) is 10.7. The van der Waals surface area contributed by atoms with Gasteiger partial charge in [-0.1, -0.05) is 18.0 Å². The molecule has 1 fully saturated rings. The van der Waals surface area contributed by atoms with Crippen LogP contribution in [0.4, 0.5) is 5.82 Å². The normalized spacial score (nSPS) is 21.4. The molecule has 1 saturated heterocycles. The number of hydrogen-bond donors (Lipinski definition) is 1. The number of hydrogen-bond acceptors (Lipinski definition) is 5. The Morgan fingerprint density at radius 1 is 1.53 bits per heavy atom. The van der Waals surface area contributed by atoms with E-state index in [0.717, 1.165) is 13.0 Å². The zero-order chi connectivity index (χ0) is 12.3. The third-order valence-electron chi connectivity index (χ3n) is 3.12. The van der Waals surface area contributed by atoms with Gasteiger partial charge in [-0.2, -0.15) is 0 Å². The van der Waals surface area contributed by atoms with E-state index in [1.54, 1.807) is 0 Å². The second kappa shape index (κ2) is 5.51.